The van der Waals surface area contributed by atoms with Gasteiger partial charge in [-0.05, 0) is 29.7 Å². The maximum atomic E-state index is 11.5. The molecule has 5 heteroatoms. The summed E-state index contributed by atoms with van der Waals surface area (Å²) in [5.74, 6) is 0.745. The molecule has 3 rings (SSSR count). The van der Waals surface area contributed by atoms with Crippen LogP contribution in [0.1, 0.15) is 17.5 Å². The predicted octanol–water partition coefficient (Wildman–Crippen LogP) is 0.628. The fraction of sp³-hybridized carbons (Fsp3) is 0.500. The summed E-state index contributed by atoms with van der Waals surface area (Å²) in [7, 11) is -3.10. The van der Waals surface area contributed by atoms with E-state index in [1.807, 2.05) is 12.1 Å². The lowest BCUT2D eigenvalue weighted by atomic mass is 9.91. The normalized spacial score (nSPS) is 29.9. The van der Waals surface area contributed by atoms with E-state index < -0.39 is 15.4 Å². The highest BCUT2D eigenvalue weighted by Crippen LogP contribution is 2.36. The number of ether oxygens (including phenoxy) is 1. The van der Waals surface area contributed by atoms with Crippen LogP contribution >= 0.6 is 0 Å². The van der Waals surface area contributed by atoms with Crippen molar-refractivity contribution < 1.29 is 18.3 Å². The van der Waals surface area contributed by atoms with E-state index in [4.69, 9.17) is 4.74 Å². The summed E-state index contributed by atoms with van der Waals surface area (Å²) in [6.45, 7) is 0.662. The minimum absolute atomic E-state index is 0.0666. The van der Waals surface area contributed by atoms with Gasteiger partial charge in [0.25, 0.3) is 0 Å². The lowest BCUT2D eigenvalue weighted by molar-refractivity contribution is 0.0652. The Morgan fingerprint density at radius 3 is 2.88 bits per heavy atom. The van der Waals surface area contributed by atoms with Gasteiger partial charge in [-0.2, -0.15) is 0 Å². The van der Waals surface area contributed by atoms with Crippen molar-refractivity contribution in [2.45, 2.75) is 18.4 Å². The van der Waals surface area contributed by atoms with Crippen molar-refractivity contribution in [1.82, 2.24) is 0 Å². The Morgan fingerprint density at radius 2 is 2.18 bits per heavy atom. The first-order valence-corrected chi connectivity index (χ1v) is 7.50. The van der Waals surface area contributed by atoms with E-state index in [1.54, 1.807) is 6.07 Å². The van der Waals surface area contributed by atoms with Gasteiger partial charge in [-0.25, -0.2) is 8.42 Å². The first kappa shape index (κ1) is 11.0. The van der Waals surface area contributed by atoms with Crippen molar-refractivity contribution in [1.29, 1.82) is 0 Å². The van der Waals surface area contributed by atoms with Gasteiger partial charge in [-0.1, -0.05) is 6.07 Å². The number of aliphatic hydroxyl groups is 1. The molecule has 2 aliphatic heterocycles. The number of rotatable bonds is 1. The van der Waals surface area contributed by atoms with Crippen molar-refractivity contribution in [2.24, 2.45) is 0 Å². The van der Waals surface area contributed by atoms with Crippen LogP contribution in [0.2, 0.25) is 0 Å². The number of fused-ring (bicyclic) bond motifs is 1. The Hall–Kier alpha value is -1.07. The highest BCUT2D eigenvalue weighted by atomic mass is 32.2. The molecule has 1 atom stereocenters. The number of hydrogen-bond donors (Lipinski definition) is 1. The van der Waals surface area contributed by atoms with E-state index in [2.05, 4.69) is 0 Å². The first-order chi connectivity index (χ1) is 7.99. The zero-order valence-corrected chi connectivity index (χ0v) is 10.2. The summed E-state index contributed by atoms with van der Waals surface area (Å²) >= 11 is 0. The summed E-state index contributed by atoms with van der Waals surface area (Å²) in [6, 6.07) is 5.47. The van der Waals surface area contributed by atoms with Gasteiger partial charge >= 0.3 is 0 Å². The molecule has 0 amide bonds. The minimum atomic E-state index is -3.10. The van der Waals surface area contributed by atoms with Gasteiger partial charge in [0.1, 0.15) is 11.4 Å². The van der Waals surface area contributed by atoms with Crippen LogP contribution < -0.4 is 4.74 Å². The van der Waals surface area contributed by atoms with Crippen LogP contribution in [-0.4, -0.2) is 31.6 Å². The molecule has 17 heavy (non-hydrogen) atoms. The van der Waals surface area contributed by atoms with E-state index in [0.717, 1.165) is 17.7 Å². The molecule has 4 nitrogen and oxygen atoms in total. The third-order valence-corrected chi connectivity index (χ3v) is 5.26. The van der Waals surface area contributed by atoms with E-state index in [1.165, 1.54) is 0 Å². The molecular weight excluding hydrogens is 240 g/mol. The van der Waals surface area contributed by atoms with Crippen molar-refractivity contribution >= 4 is 9.84 Å². The van der Waals surface area contributed by atoms with Gasteiger partial charge in [-0.3, -0.25) is 0 Å². The highest BCUT2D eigenvalue weighted by molar-refractivity contribution is 7.91. The fourth-order valence-electron chi connectivity index (χ4n) is 2.54. The molecule has 0 aromatic heterocycles. The smallest absolute Gasteiger partial charge is 0.153 e. The summed E-state index contributed by atoms with van der Waals surface area (Å²) < 4.78 is 28.3. The molecule has 2 aliphatic rings. The van der Waals surface area contributed by atoms with Gasteiger partial charge in [0.05, 0.1) is 18.1 Å². The SMILES string of the molecule is O=S1(=O)CCC(O)(c2ccc3c(c2)CCO3)C1. The monoisotopic (exact) mass is 254 g/mol. The molecule has 2 heterocycles. The lowest BCUT2D eigenvalue weighted by Crippen LogP contribution is -2.26. The zero-order valence-electron chi connectivity index (χ0n) is 9.35. The molecule has 1 fully saturated rings. The topological polar surface area (TPSA) is 63.6 Å². The standard InChI is InChI=1S/C12H14O4S/c13-12(4-6-17(14,15)8-12)10-1-2-11-9(7-10)3-5-16-11/h1-2,7,13H,3-6,8H2. The summed E-state index contributed by atoms with van der Waals surface area (Å²) in [5.41, 5.74) is 0.541. The number of sulfone groups is 1. The van der Waals surface area contributed by atoms with E-state index in [9.17, 15) is 13.5 Å². The maximum Gasteiger partial charge on any atom is 0.153 e. The quantitative estimate of drug-likeness (QED) is 0.798. The van der Waals surface area contributed by atoms with E-state index in [-0.39, 0.29) is 17.9 Å². The molecule has 0 radical (unpaired) electrons. The molecule has 1 unspecified atom stereocenters. The fourth-order valence-corrected chi connectivity index (χ4v) is 4.37. The Balaban J connectivity index is 2.00. The van der Waals surface area contributed by atoms with Crippen LogP contribution in [0.15, 0.2) is 18.2 Å². The van der Waals surface area contributed by atoms with Crippen LogP contribution in [-0.2, 0) is 21.9 Å². The molecule has 1 N–H and O–H groups in total. The van der Waals surface area contributed by atoms with Gasteiger partial charge in [-0.15, -0.1) is 0 Å². The minimum Gasteiger partial charge on any atom is -0.493 e. The van der Waals surface area contributed by atoms with Crippen molar-refractivity contribution in [3.05, 3.63) is 29.3 Å². The van der Waals surface area contributed by atoms with Gasteiger partial charge in [0.15, 0.2) is 9.84 Å². The van der Waals surface area contributed by atoms with Crippen LogP contribution in [0.3, 0.4) is 0 Å². The number of benzene rings is 1. The van der Waals surface area contributed by atoms with E-state index in [0.29, 0.717) is 12.2 Å². The van der Waals surface area contributed by atoms with Crippen LogP contribution in [0.25, 0.3) is 0 Å². The Labute approximate surface area is 100 Å². The molecule has 1 aromatic carbocycles. The van der Waals surface area contributed by atoms with Crippen LogP contribution in [0, 0.1) is 0 Å². The summed E-state index contributed by atoms with van der Waals surface area (Å²) in [4.78, 5) is 0. The Morgan fingerprint density at radius 1 is 1.35 bits per heavy atom. The summed E-state index contributed by atoms with van der Waals surface area (Å²) in [5, 5.41) is 10.4. The van der Waals surface area contributed by atoms with Gasteiger partial charge < -0.3 is 9.84 Å². The van der Waals surface area contributed by atoms with Crippen LogP contribution in [0.4, 0.5) is 0 Å². The second-order valence-electron chi connectivity index (χ2n) is 4.79. The average molecular weight is 254 g/mol. The molecular formula is C12H14O4S. The second kappa shape index (κ2) is 3.46. The third kappa shape index (κ3) is 1.83. The molecule has 0 bridgehead atoms. The lowest BCUT2D eigenvalue weighted by Gasteiger charge is -2.21. The van der Waals surface area contributed by atoms with E-state index >= 15 is 0 Å². The number of hydrogen-bond acceptors (Lipinski definition) is 4. The molecule has 1 aromatic rings. The Bertz CT molecular complexity index is 564. The van der Waals surface area contributed by atoms with Gasteiger partial charge in [0.2, 0.25) is 0 Å². The molecule has 0 aliphatic carbocycles. The molecule has 92 valence electrons. The predicted molar refractivity (Wildman–Crippen MR) is 62.8 cm³/mol. The molecule has 0 saturated carbocycles. The zero-order chi connectivity index (χ0) is 12.1. The average Bonchev–Trinajstić information content (AvgIpc) is 2.82. The van der Waals surface area contributed by atoms with Gasteiger partial charge in [0, 0.05) is 6.42 Å². The van der Waals surface area contributed by atoms with Crippen molar-refractivity contribution in [3.63, 3.8) is 0 Å². The largest absolute Gasteiger partial charge is 0.493 e. The van der Waals surface area contributed by atoms with Crippen LogP contribution in [0.5, 0.6) is 5.75 Å². The van der Waals surface area contributed by atoms with Crippen molar-refractivity contribution in [3.8, 4) is 5.75 Å². The molecule has 0 spiro atoms. The van der Waals surface area contributed by atoms with Crippen molar-refractivity contribution in [2.75, 3.05) is 18.1 Å². The highest BCUT2D eigenvalue weighted by Gasteiger charge is 2.42. The third-order valence-electron chi connectivity index (χ3n) is 3.51. The Kier molecular flexibility index (Phi) is 2.25. The summed E-state index contributed by atoms with van der Waals surface area (Å²) in [6.07, 6.45) is 1.11. The second-order valence-corrected chi connectivity index (χ2v) is 6.98. The first-order valence-electron chi connectivity index (χ1n) is 5.68. The molecule has 1 saturated heterocycles. The maximum absolute atomic E-state index is 11.5.